The number of hydrogen-bond donors (Lipinski definition) is 0. The number of carbonyl (C=O) groups is 1. The van der Waals surface area contributed by atoms with Crippen molar-refractivity contribution in [2.24, 2.45) is 5.92 Å². The lowest BCUT2D eigenvalue weighted by Crippen LogP contribution is -2.11. The number of allylic oxidation sites excluding steroid dienone is 3. The maximum absolute atomic E-state index is 11.7. The maximum atomic E-state index is 11.7. The molecule has 0 fully saturated rings. The van der Waals surface area contributed by atoms with Crippen molar-refractivity contribution in [1.29, 1.82) is 0 Å². The number of hydrogen-bond acceptors (Lipinski definition) is 2. The first-order chi connectivity index (χ1) is 9.61. The number of benzene rings is 1. The average molecular weight is 272 g/mol. The Hall–Kier alpha value is -1.83. The van der Waals surface area contributed by atoms with Gasteiger partial charge in [-0.15, -0.1) is 0 Å². The van der Waals surface area contributed by atoms with Crippen molar-refractivity contribution in [3.63, 3.8) is 0 Å². The van der Waals surface area contributed by atoms with Crippen molar-refractivity contribution in [3.8, 4) is 0 Å². The summed E-state index contributed by atoms with van der Waals surface area (Å²) in [4.78, 5) is 11.7. The zero-order chi connectivity index (χ0) is 14.8. The van der Waals surface area contributed by atoms with E-state index >= 15 is 0 Å². The quantitative estimate of drug-likeness (QED) is 0.520. The molecule has 0 saturated heterocycles. The predicted molar refractivity (Wildman–Crippen MR) is 83.5 cm³/mol. The van der Waals surface area contributed by atoms with Crippen LogP contribution in [0.2, 0.25) is 0 Å². The monoisotopic (exact) mass is 272 g/mol. The molecule has 108 valence electrons. The summed E-state index contributed by atoms with van der Waals surface area (Å²) in [6.07, 6.45) is 6.09. The standard InChI is InChI=1S/C18H24O2/c1-4-8-15(2)13-16(3)11-12-20-18(19)14-17-9-6-5-7-10-17/h4-10,16H,1,11-14H2,2-3H3/b15-8+. The third-order valence-corrected chi connectivity index (χ3v) is 3.14. The molecule has 0 amide bonds. The van der Waals surface area contributed by atoms with Gasteiger partial charge in [0.2, 0.25) is 0 Å². The highest BCUT2D eigenvalue weighted by molar-refractivity contribution is 5.72. The summed E-state index contributed by atoms with van der Waals surface area (Å²) >= 11 is 0. The molecule has 20 heavy (non-hydrogen) atoms. The summed E-state index contributed by atoms with van der Waals surface area (Å²) in [5.41, 5.74) is 2.30. The van der Waals surface area contributed by atoms with Gasteiger partial charge in [-0.05, 0) is 31.2 Å². The predicted octanol–water partition coefficient (Wildman–Crippen LogP) is 4.32. The van der Waals surface area contributed by atoms with Gasteiger partial charge in [-0.3, -0.25) is 4.79 Å². The molecule has 1 aromatic carbocycles. The van der Waals surface area contributed by atoms with Crippen LogP contribution in [0.4, 0.5) is 0 Å². The van der Waals surface area contributed by atoms with Gasteiger partial charge in [-0.1, -0.05) is 61.6 Å². The van der Waals surface area contributed by atoms with E-state index < -0.39 is 0 Å². The van der Waals surface area contributed by atoms with Gasteiger partial charge < -0.3 is 4.74 Å². The molecule has 1 aromatic rings. The smallest absolute Gasteiger partial charge is 0.310 e. The largest absolute Gasteiger partial charge is 0.465 e. The van der Waals surface area contributed by atoms with E-state index in [0.29, 0.717) is 18.9 Å². The molecule has 1 unspecified atom stereocenters. The first kappa shape index (κ1) is 16.2. The summed E-state index contributed by atoms with van der Waals surface area (Å²) in [7, 11) is 0. The van der Waals surface area contributed by atoms with Crippen molar-refractivity contribution >= 4 is 5.97 Å². The Kier molecular flexibility index (Phi) is 7.41. The summed E-state index contributed by atoms with van der Waals surface area (Å²) in [6, 6.07) is 9.68. The van der Waals surface area contributed by atoms with Crippen LogP contribution < -0.4 is 0 Å². The SMILES string of the molecule is C=C/C=C(\C)CC(C)CCOC(=O)Cc1ccccc1. The molecule has 0 heterocycles. The number of rotatable bonds is 8. The highest BCUT2D eigenvalue weighted by atomic mass is 16.5. The third-order valence-electron chi connectivity index (χ3n) is 3.14. The molecule has 0 N–H and O–H groups in total. The molecule has 0 saturated carbocycles. The minimum Gasteiger partial charge on any atom is -0.465 e. The van der Waals surface area contributed by atoms with Crippen LogP contribution in [-0.4, -0.2) is 12.6 Å². The first-order valence-electron chi connectivity index (χ1n) is 7.09. The molecule has 2 nitrogen and oxygen atoms in total. The molecular weight excluding hydrogens is 248 g/mol. The molecule has 2 heteroatoms. The lowest BCUT2D eigenvalue weighted by Gasteiger charge is -2.12. The van der Waals surface area contributed by atoms with Crippen molar-refractivity contribution in [1.82, 2.24) is 0 Å². The van der Waals surface area contributed by atoms with Crippen molar-refractivity contribution in [2.45, 2.75) is 33.1 Å². The average Bonchev–Trinajstić information content (AvgIpc) is 2.39. The van der Waals surface area contributed by atoms with E-state index in [1.807, 2.05) is 42.5 Å². The summed E-state index contributed by atoms with van der Waals surface area (Å²) in [5.74, 6) is 0.359. The van der Waals surface area contributed by atoms with Crippen LogP contribution in [0.1, 0.15) is 32.3 Å². The fourth-order valence-electron chi connectivity index (χ4n) is 2.11. The topological polar surface area (TPSA) is 26.3 Å². The van der Waals surface area contributed by atoms with Crippen LogP contribution >= 0.6 is 0 Å². The highest BCUT2D eigenvalue weighted by Crippen LogP contribution is 2.14. The van der Waals surface area contributed by atoms with E-state index in [1.54, 1.807) is 0 Å². The van der Waals surface area contributed by atoms with E-state index in [2.05, 4.69) is 20.4 Å². The normalized spacial score (nSPS) is 12.8. The molecule has 0 spiro atoms. The van der Waals surface area contributed by atoms with Crippen molar-refractivity contribution < 1.29 is 9.53 Å². The minimum absolute atomic E-state index is 0.151. The molecule has 0 aromatic heterocycles. The highest BCUT2D eigenvalue weighted by Gasteiger charge is 2.07. The molecule has 0 radical (unpaired) electrons. The van der Waals surface area contributed by atoms with Crippen LogP contribution in [0.5, 0.6) is 0 Å². The van der Waals surface area contributed by atoms with Crippen LogP contribution in [0, 0.1) is 5.92 Å². The van der Waals surface area contributed by atoms with Gasteiger partial charge in [-0.25, -0.2) is 0 Å². The fraction of sp³-hybridized carbons (Fsp3) is 0.389. The second-order valence-electron chi connectivity index (χ2n) is 5.23. The maximum Gasteiger partial charge on any atom is 0.310 e. The van der Waals surface area contributed by atoms with Gasteiger partial charge in [0.25, 0.3) is 0 Å². The molecule has 0 aliphatic heterocycles. The van der Waals surface area contributed by atoms with E-state index in [0.717, 1.165) is 18.4 Å². The lowest BCUT2D eigenvalue weighted by molar-refractivity contribution is -0.143. The minimum atomic E-state index is -0.151. The number of esters is 1. The van der Waals surface area contributed by atoms with Gasteiger partial charge >= 0.3 is 5.97 Å². The van der Waals surface area contributed by atoms with Gasteiger partial charge in [0, 0.05) is 0 Å². The van der Waals surface area contributed by atoms with Crippen LogP contribution in [-0.2, 0) is 16.0 Å². The lowest BCUT2D eigenvalue weighted by atomic mass is 9.99. The van der Waals surface area contributed by atoms with Crippen LogP contribution in [0.3, 0.4) is 0 Å². The van der Waals surface area contributed by atoms with E-state index in [1.165, 1.54) is 5.57 Å². The summed E-state index contributed by atoms with van der Waals surface area (Å²) in [5, 5.41) is 0. The Balaban J connectivity index is 2.22. The summed E-state index contributed by atoms with van der Waals surface area (Å²) in [6.45, 7) is 8.45. The van der Waals surface area contributed by atoms with E-state index in [4.69, 9.17) is 4.74 Å². The van der Waals surface area contributed by atoms with Crippen LogP contribution in [0.25, 0.3) is 0 Å². The Bertz CT molecular complexity index is 446. The van der Waals surface area contributed by atoms with Gasteiger partial charge in [0.05, 0.1) is 13.0 Å². The zero-order valence-corrected chi connectivity index (χ0v) is 12.5. The first-order valence-corrected chi connectivity index (χ1v) is 7.09. The van der Waals surface area contributed by atoms with Gasteiger partial charge in [-0.2, -0.15) is 0 Å². The summed E-state index contributed by atoms with van der Waals surface area (Å²) < 4.78 is 5.28. The molecule has 0 aliphatic rings. The van der Waals surface area contributed by atoms with E-state index in [-0.39, 0.29) is 5.97 Å². The Labute approximate surface area is 122 Å². The fourth-order valence-corrected chi connectivity index (χ4v) is 2.11. The molecule has 1 atom stereocenters. The molecule has 1 rings (SSSR count). The molecular formula is C18H24O2. The molecule has 0 bridgehead atoms. The second kappa shape index (κ2) is 9.13. The van der Waals surface area contributed by atoms with E-state index in [9.17, 15) is 4.79 Å². The van der Waals surface area contributed by atoms with Gasteiger partial charge in [0.1, 0.15) is 0 Å². The molecule has 0 aliphatic carbocycles. The number of carbonyl (C=O) groups excluding carboxylic acids is 1. The van der Waals surface area contributed by atoms with Crippen LogP contribution in [0.15, 0.2) is 54.6 Å². The Morgan fingerprint density at radius 2 is 2.05 bits per heavy atom. The Morgan fingerprint density at radius 3 is 2.70 bits per heavy atom. The van der Waals surface area contributed by atoms with Crippen molar-refractivity contribution in [3.05, 3.63) is 60.2 Å². The van der Waals surface area contributed by atoms with Crippen molar-refractivity contribution in [2.75, 3.05) is 6.61 Å². The number of ether oxygens (including phenoxy) is 1. The zero-order valence-electron chi connectivity index (χ0n) is 12.5. The Morgan fingerprint density at radius 1 is 1.35 bits per heavy atom. The second-order valence-corrected chi connectivity index (χ2v) is 5.23. The third kappa shape index (κ3) is 6.93. The van der Waals surface area contributed by atoms with Gasteiger partial charge in [0.15, 0.2) is 0 Å².